The number of thioether (sulfide) groups is 1. The summed E-state index contributed by atoms with van der Waals surface area (Å²) >= 11 is 7.58. The van der Waals surface area contributed by atoms with Crippen LogP contribution in [-0.4, -0.2) is 11.7 Å². The fraction of sp³-hybridized carbons (Fsp3) is 0.235. The molecular weight excluding hydrogens is 321 g/mol. The highest BCUT2D eigenvalue weighted by atomic mass is 35.5. The van der Waals surface area contributed by atoms with Crippen LogP contribution >= 0.6 is 23.4 Å². The average Bonchev–Trinajstić information content (AvgIpc) is 2.79. The van der Waals surface area contributed by atoms with E-state index in [1.807, 2.05) is 32.0 Å². The zero-order valence-electron chi connectivity index (χ0n) is 12.3. The average molecular weight is 336 g/mol. The molecule has 0 saturated carbocycles. The molecule has 2 aromatic rings. The zero-order valence-corrected chi connectivity index (χ0v) is 13.8. The summed E-state index contributed by atoms with van der Waals surface area (Å²) in [5.74, 6) is -0.0871. The number of nitrogens with zero attached hydrogens (tertiary/aromatic N) is 1. The second kappa shape index (κ2) is 5.94. The van der Waals surface area contributed by atoms with Gasteiger partial charge in [0.1, 0.15) is 11.2 Å². The minimum absolute atomic E-state index is 0.0284. The van der Waals surface area contributed by atoms with Crippen molar-refractivity contribution >= 4 is 35.0 Å². The SMILES string of the molecule is Cc1cc(C)cc(N2C(=O)CS[C@H]2c2c(F)cccc2Cl)c1. The number of aryl methyl sites for hydroxylation is 2. The predicted molar refractivity (Wildman–Crippen MR) is 90.0 cm³/mol. The van der Waals surface area contributed by atoms with Gasteiger partial charge < -0.3 is 0 Å². The first-order valence-corrected chi connectivity index (χ1v) is 8.36. The molecule has 0 N–H and O–H groups in total. The molecule has 1 saturated heterocycles. The fourth-order valence-corrected chi connectivity index (χ4v) is 4.32. The number of hydrogen-bond donors (Lipinski definition) is 0. The first-order valence-electron chi connectivity index (χ1n) is 6.93. The van der Waals surface area contributed by atoms with Crippen molar-refractivity contribution in [2.45, 2.75) is 19.2 Å². The van der Waals surface area contributed by atoms with Crippen LogP contribution in [0.5, 0.6) is 0 Å². The zero-order chi connectivity index (χ0) is 15.9. The van der Waals surface area contributed by atoms with Crippen LogP contribution in [0.3, 0.4) is 0 Å². The summed E-state index contributed by atoms with van der Waals surface area (Å²) < 4.78 is 14.2. The minimum Gasteiger partial charge on any atom is -0.295 e. The monoisotopic (exact) mass is 335 g/mol. The number of anilines is 1. The van der Waals surface area contributed by atoms with Crippen molar-refractivity contribution in [3.63, 3.8) is 0 Å². The van der Waals surface area contributed by atoms with E-state index in [2.05, 4.69) is 0 Å². The second-order valence-electron chi connectivity index (χ2n) is 5.41. The molecule has 2 nitrogen and oxygen atoms in total. The van der Waals surface area contributed by atoms with E-state index < -0.39 is 5.37 Å². The Hall–Kier alpha value is -1.52. The number of benzene rings is 2. The van der Waals surface area contributed by atoms with Gasteiger partial charge in [-0.25, -0.2) is 4.39 Å². The van der Waals surface area contributed by atoms with Crippen molar-refractivity contribution in [2.75, 3.05) is 10.7 Å². The molecular formula is C17H15ClFNOS. The van der Waals surface area contributed by atoms with Crippen molar-refractivity contribution in [2.24, 2.45) is 0 Å². The smallest absolute Gasteiger partial charge is 0.238 e. The molecule has 1 aliphatic rings. The minimum atomic E-state index is -0.428. The second-order valence-corrected chi connectivity index (χ2v) is 6.88. The van der Waals surface area contributed by atoms with Gasteiger partial charge in [-0.3, -0.25) is 9.69 Å². The molecule has 3 rings (SSSR count). The van der Waals surface area contributed by atoms with Crippen molar-refractivity contribution in [1.82, 2.24) is 0 Å². The summed E-state index contributed by atoms with van der Waals surface area (Å²) in [7, 11) is 0. The van der Waals surface area contributed by atoms with Crippen LogP contribution in [0.15, 0.2) is 36.4 Å². The van der Waals surface area contributed by atoms with Gasteiger partial charge in [-0.15, -0.1) is 11.8 Å². The Labute approximate surface area is 138 Å². The standard InChI is InChI=1S/C17H15ClFNOS/c1-10-6-11(2)8-12(7-10)20-15(21)9-22-17(20)16-13(18)4-3-5-14(16)19/h3-8,17H,9H2,1-2H3/t17-/m0/s1. The highest BCUT2D eigenvalue weighted by Crippen LogP contribution is 2.45. The van der Waals surface area contributed by atoms with Crippen LogP contribution in [-0.2, 0) is 4.79 Å². The van der Waals surface area contributed by atoms with Gasteiger partial charge in [0.2, 0.25) is 5.91 Å². The summed E-state index contributed by atoms with van der Waals surface area (Å²) in [6, 6.07) is 10.5. The number of halogens is 2. The summed E-state index contributed by atoms with van der Waals surface area (Å²) in [6.07, 6.45) is 0. The van der Waals surface area contributed by atoms with Gasteiger partial charge in [-0.05, 0) is 49.2 Å². The lowest BCUT2D eigenvalue weighted by Gasteiger charge is -2.26. The van der Waals surface area contributed by atoms with E-state index in [1.165, 1.54) is 17.8 Å². The quantitative estimate of drug-likeness (QED) is 0.780. The van der Waals surface area contributed by atoms with E-state index in [1.54, 1.807) is 17.0 Å². The maximum Gasteiger partial charge on any atom is 0.238 e. The molecule has 0 aliphatic carbocycles. The van der Waals surface area contributed by atoms with Gasteiger partial charge in [0.05, 0.1) is 5.75 Å². The number of carbonyl (C=O) groups excluding carboxylic acids is 1. The molecule has 0 radical (unpaired) electrons. The molecule has 114 valence electrons. The van der Waals surface area contributed by atoms with Crippen LogP contribution in [0.25, 0.3) is 0 Å². The maximum absolute atomic E-state index is 14.2. The largest absolute Gasteiger partial charge is 0.295 e. The van der Waals surface area contributed by atoms with Crippen molar-refractivity contribution in [3.8, 4) is 0 Å². The third kappa shape index (κ3) is 2.73. The van der Waals surface area contributed by atoms with E-state index >= 15 is 0 Å². The Morgan fingerprint density at radius 1 is 1.23 bits per heavy atom. The van der Waals surface area contributed by atoms with Gasteiger partial charge in [0.25, 0.3) is 0 Å². The van der Waals surface area contributed by atoms with Crippen molar-refractivity contribution in [3.05, 3.63) is 63.9 Å². The maximum atomic E-state index is 14.2. The van der Waals surface area contributed by atoms with E-state index in [-0.39, 0.29) is 11.7 Å². The summed E-state index contributed by atoms with van der Waals surface area (Å²) in [4.78, 5) is 14.0. The molecule has 0 spiro atoms. The summed E-state index contributed by atoms with van der Waals surface area (Å²) in [5.41, 5.74) is 3.30. The Bertz CT molecular complexity index is 709. The Morgan fingerprint density at radius 2 is 1.91 bits per heavy atom. The molecule has 22 heavy (non-hydrogen) atoms. The molecule has 1 aliphatic heterocycles. The predicted octanol–water partition coefficient (Wildman–Crippen LogP) is 4.87. The molecule has 0 bridgehead atoms. The number of hydrogen-bond acceptors (Lipinski definition) is 2. The molecule has 5 heteroatoms. The van der Waals surface area contributed by atoms with Crippen LogP contribution in [0, 0.1) is 19.7 Å². The molecule has 1 amide bonds. The molecule has 1 atom stereocenters. The van der Waals surface area contributed by atoms with Crippen LogP contribution in [0.1, 0.15) is 22.1 Å². The lowest BCUT2D eigenvalue weighted by Crippen LogP contribution is -2.28. The first kappa shape index (κ1) is 15.4. The fourth-order valence-electron chi connectivity index (χ4n) is 2.75. The summed E-state index contributed by atoms with van der Waals surface area (Å²) in [6.45, 7) is 3.96. The first-order chi connectivity index (χ1) is 10.5. The topological polar surface area (TPSA) is 20.3 Å². The summed E-state index contributed by atoms with van der Waals surface area (Å²) in [5, 5.41) is -0.0797. The van der Waals surface area contributed by atoms with E-state index in [4.69, 9.17) is 11.6 Å². The Kier molecular flexibility index (Phi) is 4.15. The van der Waals surface area contributed by atoms with Gasteiger partial charge in [-0.1, -0.05) is 23.7 Å². The van der Waals surface area contributed by atoms with Crippen LogP contribution < -0.4 is 4.90 Å². The third-order valence-electron chi connectivity index (χ3n) is 3.60. The van der Waals surface area contributed by atoms with Crippen molar-refractivity contribution in [1.29, 1.82) is 0 Å². The normalized spacial score (nSPS) is 18.1. The van der Waals surface area contributed by atoms with Crippen LogP contribution in [0.2, 0.25) is 5.02 Å². The van der Waals surface area contributed by atoms with Gasteiger partial charge in [0.15, 0.2) is 0 Å². The van der Waals surface area contributed by atoms with Crippen molar-refractivity contribution < 1.29 is 9.18 Å². The van der Waals surface area contributed by atoms with Gasteiger partial charge in [0, 0.05) is 16.3 Å². The Morgan fingerprint density at radius 3 is 2.55 bits per heavy atom. The Balaban J connectivity index is 2.10. The van der Waals surface area contributed by atoms with Crippen LogP contribution in [0.4, 0.5) is 10.1 Å². The number of carbonyl (C=O) groups is 1. The van der Waals surface area contributed by atoms with E-state index in [9.17, 15) is 9.18 Å². The van der Waals surface area contributed by atoms with E-state index in [0.717, 1.165) is 16.8 Å². The highest BCUT2D eigenvalue weighted by molar-refractivity contribution is 8.00. The lowest BCUT2D eigenvalue weighted by atomic mass is 10.1. The lowest BCUT2D eigenvalue weighted by molar-refractivity contribution is -0.115. The van der Waals surface area contributed by atoms with Gasteiger partial charge in [-0.2, -0.15) is 0 Å². The molecule has 0 unspecified atom stereocenters. The molecule has 1 fully saturated rings. The third-order valence-corrected chi connectivity index (χ3v) is 5.10. The highest BCUT2D eigenvalue weighted by Gasteiger charge is 2.36. The van der Waals surface area contributed by atoms with Gasteiger partial charge >= 0.3 is 0 Å². The number of amides is 1. The van der Waals surface area contributed by atoms with E-state index in [0.29, 0.717) is 16.3 Å². The molecule has 0 aromatic heterocycles. The molecule has 2 aromatic carbocycles. The molecule has 1 heterocycles. The number of rotatable bonds is 2.